The quantitative estimate of drug-likeness (QED) is 0.794. The molecule has 2 aromatic carbocycles. The molecular weight excluding hydrogens is 392 g/mol. The van der Waals surface area contributed by atoms with Crippen molar-refractivity contribution in [1.82, 2.24) is 4.90 Å². The molecule has 1 aliphatic carbocycles. The molecule has 3 rings (SSSR count). The van der Waals surface area contributed by atoms with E-state index in [4.69, 9.17) is 0 Å². The highest BCUT2D eigenvalue weighted by molar-refractivity contribution is 9.10. The molecule has 136 valence electrons. The summed E-state index contributed by atoms with van der Waals surface area (Å²) in [6, 6.07) is 15.1. The van der Waals surface area contributed by atoms with Crippen LogP contribution in [-0.4, -0.2) is 30.8 Å². The molecule has 1 saturated carbocycles. The Labute approximate surface area is 162 Å². The van der Waals surface area contributed by atoms with Gasteiger partial charge >= 0.3 is 0 Å². The summed E-state index contributed by atoms with van der Waals surface area (Å²) in [6.07, 6.45) is 3.83. The molecule has 0 aliphatic heterocycles. The van der Waals surface area contributed by atoms with E-state index in [0.29, 0.717) is 11.3 Å². The van der Waals surface area contributed by atoms with Gasteiger partial charge < -0.3 is 10.2 Å². The monoisotopic (exact) mass is 414 g/mol. The normalized spacial score (nSPS) is 15.5. The van der Waals surface area contributed by atoms with Crippen molar-refractivity contribution in [2.24, 2.45) is 0 Å². The third-order valence-corrected chi connectivity index (χ3v) is 5.61. The van der Waals surface area contributed by atoms with Crippen LogP contribution in [0.3, 0.4) is 0 Å². The van der Waals surface area contributed by atoms with E-state index in [1.54, 1.807) is 38.4 Å². The Balaban J connectivity index is 1.81. The molecule has 0 spiro atoms. The average molecular weight is 415 g/mol. The van der Waals surface area contributed by atoms with E-state index in [2.05, 4.69) is 21.2 Å². The number of nitrogens with one attached hydrogen (secondary N) is 1. The molecule has 2 amide bonds. The maximum absolute atomic E-state index is 13.2. The van der Waals surface area contributed by atoms with Crippen molar-refractivity contribution in [2.45, 2.75) is 31.1 Å². The number of carbonyl (C=O) groups is 2. The average Bonchev–Trinajstić information content (AvgIpc) is 3.13. The Morgan fingerprint density at radius 2 is 1.54 bits per heavy atom. The molecule has 0 heterocycles. The van der Waals surface area contributed by atoms with Gasteiger partial charge in [-0.2, -0.15) is 0 Å². The highest BCUT2D eigenvalue weighted by Crippen LogP contribution is 2.42. The minimum Gasteiger partial charge on any atom is -0.345 e. The van der Waals surface area contributed by atoms with Crippen molar-refractivity contribution in [3.05, 3.63) is 64.1 Å². The molecule has 5 heteroatoms. The molecule has 0 bridgehead atoms. The van der Waals surface area contributed by atoms with Crippen molar-refractivity contribution in [3.63, 3.8) is 0 Å². The lowest BCUT2D eigenvalue weighted by Gasteiger charge is -2.28. The molecule has 26 heavy (non-hydrogen) atoms. The molecule has 0 atom stereocenters. The summed E-state index contributed by atoms with van der Waals surface area (Å²) >= 11 is 3.46. The maximum atomic E-state index is 13.2. The molecule has 1 aliphatic rings. The van der Waals surface area contributed by atoms with E-state index in [1.807, 2.05) is 24.3 Å². The van der Waals surface area contributed by atoms with Crippen LogP contribution in [0.1, 0.15) is 41.6 Å². The van der Waals surface area contributed by atoms with Crippen LogP contribution in [-0.2, 0) is 10.2 Å². The Bertz CT molecular complexity index is 792. The number of hydrogen-bond donors (Lipinski definition) is 1. The predicted molar refractivity (Wildman–Crippen MR) is 107 cm³/mol. The number of benzene rings is 2. The zero-order valence-electron chi connectivity index (χ0n) is 15.1. The summed E-state index contributed by atoms with van der Waals surface area (Å²) < 4.78 is 1.01. The SMILES string of the molecule is CN(C)C(=O)c1ccc(NC(=O)C2(c3ccc(Br)cc3)CCCC2)cc1. The Morgan fingerprint density at radius 3 is 2.08 bits per heavy atom. The van der Waals surface area contributed by atoms with Crippen molar-refractivity contribution >= 4 is 33.4 Å². The zero-order valence-corrected chi connectivity index (χ0v) is 16.7. The highest BCUT2D eigenvalue weighted by Gasteiger charge is 2.42. The van der Waals surface area contributed by atoms with Crippen LogP contribution >= 0.6 is 15.9 Å². The number of amides is 2. The second-order valence-electron chi connectivity index (χ2n) is 7.03. The molecule has 1 fully saturated rings. The van der Waals surface area contributed by atoms with Crippen LogP contribution < -0.4 is 5.32 Å². The fourth-order valence-electron chi connectivity index (χ4n) is 3.60. The standard InChI is InChI=1S/C21H23BrN2O2/c1-24(2)19(25)15-5-11-18(12-6-15)23-20(26)21(13-3-4-14-21)16-7-9-17(22)10-8-16/h5-12H,3-4,13-14H2,1-2H3,(H,23,26). The van der Waals surface area contributed by atoms with Gasteiger partial charge in [0.1, 0.15) is 0 Å². The van der Waals surface area contributed by atoms with Gasteiger partial charge in [-0.1, -0.05) is 40.9 Å². The third kappa shape index (κ3) is 3.68. The highest BCUT2D eigenvalue weighted by atomic mass is 79.9. The Hall–Kier alpha value is -2.14. The molecule has 1 N–H and O–H groups in total. The lowest BCUT2D eigenvalue weighted by atomic mass is 9.78. The molecular formula is C21H23BrN2O2. The van der Waals surface area contributed by atoms with Crippen molar-refractivity contribution in [1.29, 1.82) is 0 Å². The van der Waals surface area contributed by atoms with Crippen LogP contribution in [0.5, 0.6) is 0 Å². The third-order valence-electron chi connectivity index (χ3n) is 5.08. The first-order valence-corrected chi connectivity index (χ1v) is 9.61. The zero-order chi connectivity index (χ0) is 18.7. The summed E-state index contributed by atoms with van der Waals surface area (Å²) in [7, 11) is 3.44. The number of anilines is 1. The summed E-state index contributed by atoms with van der Waals surface area (Å²) in [5.41, 5.74) is 1.92. The molecule has 0 radical (unpaired) electrons. The predicted octanol–water partition coefficient (Wildman–Crippen LogP) is 4.60. The molecule has 0 aromatic heterocycles. The van der Waals surface area contributed by atoms with Gasteiger partial charge in [-0.25, -0.2) is 0 Å². The second-order valence-corrected chi connectivity index (χ2v) is 7.94. The Morgan fingerprint density at radius 1 is 0.962 bits per heavy atom. The molecule has 4 nitrogen and oxygen atoms in total. The van der Waals surface area contributed by atoms with Crippen LogP contribution in [0.2, 0.25) is 0 Å². The van der Waals surface area contributed by atoms with E-state index in [1.165, 1.54) is 4.90 Å². The first-order valence-electron chi connectivity index (χ1n) is 8.82. The smallest absolute Gasteiger partial charge is 0.253 e. The maximum Gasteiger partial charge on any atom is 0.253 e. The number of nitrogens with zero attached hydrogens (tertiary/aromatic N) is 1. The van der Waals surface area contributed by atoms with Crippen molar-refractivity contribution in [3.8, 4) is 0 Å². The van der Waals surface area contributed by atoms with Crippen molar-refractivity contribution in [2.75, 3.05) is 19.4 Å². The van der Waals surface area contributed by atoms with Crippen LogP contribution in [0, 0.1) is 0 Å². The van der Waals surface area contributed by atoms with E-state index in [9.17, 15) is 9.59 Å². The lowest BCUT2D eigenvalue weighted by Crippen LogP contribution is -2.38. The molecule has 0 unspecified atom stereocenters. The van der Waals surface area contributed by atoms with E-state index in [-0.39, 0.29) is 11.8 Å². The molecule has 2 aromatic rings. The topological polar surface area (TPSA) is 49.4 Å². The van der Waals surface area contributed by atoms with Crippen LogP contribution in [0.15, 0.2) is 53.0 Å². The van der Waals surface area contributed by atoms with E-state index >= 15 is 0 Å². The largest absolute Gasteiger partial charge is 0.345 e. The second kappa shape index (κ2) is 7.62. The van der Waals surface area contributed by atoms with Crippen LogP contribution in [0.4, 0.5) is 5.69 Å². The number of hydrogen-bond acceptors (Lipinski definition) is 2. The van der Waals surface area contributed by atoms with E-state index in [0.717, 1.165) is 35.7 Å². The first kappa shape index (κ1) is 18.6. The number of carbonyl (C=O) groups excluding carboxylic acids is 2. The summed E-state index contributed by atoms with van der Waals surface area (Å²) in [5, 5.41) is 3.06. The summed E-state index contributed by atoms with van der Waals surface area (Å²) in [4.78, 5) is 26.7. The van der Waals surface area contributed by atoms with Crippen molar-refractivity contribution < 1.29 is 9.59 Å². The summed E-state index contributed by atoms with van der Waals surface area (Å²) in [5.74, 6) is -0.0194. The van der Waals surface area contributed by atoms with Gasteiger partial charge in [0.25, 0.3) is 5.91 Å². The van der Waals surface area contributed by atoms with Gasteiger partial charge in [-0.15, -0.1) is 0 Å². The van der Waals surface area contributed by atoms with Crippen LogP contribution in [0.25, 0.3) is 0 Å². The Kier molecular flexibility index (Phi) is 5.47. The van der Waals surface area contributed by atoms with Gasteiger partial charge in [0, 0.05) is 29.8 Å². The van der Waals surface area contributed by atoms with Gasteiger partial charge in [-0.05, 0) is 54.8 Å². The van der Waals surface area contributed by atoms with E-state index < -0.39 is 5.41 Å². The minimum absolute atomic E-state index is 0.0315. The first-order chi connectivity index (χ1) is 12.4. The van der Waals surface area contributed by atoms with Gasteiger partial charge in [0.05, 0.1) is 5.41 Å². The minimum atomic E-state index is -0.473. The number of halogens is 1. The summed E-state index contributed by atoms with van der Waals surface area (Å²) in [6.45, 7) is 0. The number of rotatable bonds is 4. The molecule has 0 saturated heterocycles. The fourth-order valence-corrected chi connectivity index (χ4v) is 3.86. The fraction of sp³-hybridized carbons (Fsp3) is 0.333. The van der Waals surface area contributed by atoms with Gasteiger partial charge in [0.2, 0.25) is 5.91 Å². The van der Waals surface area contributed by atoms with Gasteiger partial charge in [0.15, 0.2) is 0 Å². The van der Waals surface area contributed by atoms with Gasteiger partial charge in [-0.3, -0.25) is 9.59 Å². The lowest BCUT2D eigenvalue weighted by molar-refractivity contribution is -0.121.